The van der Waals surface area contributed by atoms with E-state index in [0.29, 0.717) is 12.5 Å². The first kappa shape index (κ1) is 9.48. The molecule has 1 fully saturated rings. The van der Waals surface area contributed by atoms with Gasteiger partial charge in [-0.05, 0) is 12.8 Å². The van der Waals surface area contributed by atoms with Crippen molar-refractivity contribution in [3.05, 3.63) is 0 Å². The fourth-order valence-electron chi connectivity index (χ4n) is 1.45. The van der Waals surface area contributed by atoms with Crippen LogP contribution in [0.25, 0.3) is 0 Å². The van der Waals surface area contributed by atoms with Gasteiger partial charge in [-0.15, -0.1) is 0 Å². The van der Waals surface area contributed by atoms with Crippen LogP contribution in [0.15, 0.2) is 0 Å². The summed E-state index contributed by atoms with van der Waals surface area (Å²) in [4.78, 5) is 11.1. The van der Waals surface area contributed by atoms with E-state index >= 15 is 0 Å². The Kier molecular flexibility index (Phi) is 3.49. The van der Waals surface area contributed by atoms with Gasteiger partial charge in [-0.1, -0.05) is 0 Å². The van der Waals surface area contributed by atoms with Gasteiger partial charge in [0.05, 0.1) is 0 Å². The molecule has 0 aromatic rings. The second-order valence-electron chi connectivity index (χ2n) is 3.42. The second kappa shape index (κ2) is 4.42. The number of carbonyl (C=O) groups is 1. The third-order valence-corrected chi connectivity index (χ3v) is 1.92. The first-order chi connectivity index (χ1) is 5.68. The zero-order valence-corrected chi connectivity index (χ0v) is 7.76. The summed E-state index contributed by atoms with van der Waals surface area (Å²) >= 11 is 0. The van der Waals surface area contributed by atoms with Crippen molar-refractivity contribution in [3.8, 4) is 0 Å². The van der Waals surface area contributed by atoms with E-state index in [4.69, 9.17) is 0 Å². The van der Waals surface area contributed by atoms with Gasteiger partial charge >= 0.3 is 0 Å². The Morgan fingerprint density at radius 3 is 3.00 bits per heavy atom. The Morgan fingerprint density at radius 2 is 2.33 bits per heavy atom. The Balaban J connectivity index is 2.36. The fourth-order valence-corrected chi connectivity index (χ4v) is 1.45. The number of hydrogen-bond donors (Lipinski definition) is 2. The van der Waals surface area contributed by atoms with Gasteiger partial charge in [-0.2, -0.15) is 0 Å². The third-order valence-electron chi connectivity index (χ3n) is 1.92. The highest BCUT2D eigenvalue weighted by molar-refractivity contribution is 5.76. The highest BCUT2D eigenvalue weighted by Gasteiger charge is 2.16. The minimum absolute atomic E-state index is 0.159. The highest BCUT2D eigenvalue weighted by atomic mass is 16.1. The average molecular weight is 171 g/mol. The summed E-state index contributed by atoms with van der Waals surface area (Å²) in [5.41, 5.74) is 3.22. The van der Waals surface area contributed by atoms with Crippen molar-refractivity contribution in [3.63, 3.8) is 0 Å². The molecule has 1 saturated heterocycles. The molecule has 1 atom stereocenters. The Bertz CT molecular complexity index is 158. The molecule has 0 aromatic carbocycles. The topological polar surface area (TPSA) is 44.4 Å². The van der Waals surface area contributed by atoms with Gasteiger partial charge < -0.3 is 5.32 Å². The molecule has 1 unspecified atom stereocenters. The number of hydrazine groups is 1. The number of amides is 1. The molecule has 1 aliphatic heterocycles. The van der Waals surface area contributed by atoms with Crippen molar-refractivity contribution in [1.29, 1.82) is 0 Å². The second-order valence-corrected chi connectivity index (χ2v) is 3.42. The smallest absolute Gasteiger partial charge is 0.221 e. The van der Waals surface area contributed by atoms with Crippen LogP contribution in [0.1, 0.15) is 19.3 Å². The maximum atomic E-state index is 11.1. The SMILES string of the molecule is CN(C)NC1CCCNC(=O)C1. The van der Waals surface area contributed by atoms with E-state index in [9.17, 15) is 4.79 Å². The van der Waals surface area contributed by atoms with Crippen LogP contribution in [0.3, 0.4) is 0 Å². The summed E-state index contributed by atoms with van der Waals surface area (Å²) in [6.45, 7) is 0.824. The normalized spacial score (nSPS) is 25.2. The van der Waals surface area contributed by atoms with Gasteiger partial charge in [0.25, 0.3) is 0 Å². The van der Waals surface area contributed by atoms with E-state index in [0.717, 1.165) is 19.4 Å². The average Bonchev–Trinajstić information content (AvgIpc) is 2.12. The molecule has 0 saturated carbocycles. The molecule has 0 aromatic heterocycles. The number of nitrogens with zero attached hydrogens (tertiary/aromatic N) is 1. The minimum Gasteiger partial charge on any atom is -0.356 e. The summed E-state index contributed by atoms with van der Waals surface area (Å²) < 4.78 is 0. The van der Waals surface area contributed by atoms with Gasteiger partial charge in [-0.25, -0.2) is 0 Å². The lowest BCUT2D eigenvalue weighted by Crippen LogP contribution is -2.41. The predicted octanol–water partition coefficient (Wildman–Crippen LogP) is -0.279. The van der Waals surface area contributed by atoms with Gasteiger partial charge in [0.15, 0.2) is 0 Å². The summed E-state index contributed by atoms with van der Waals surface area (Å²) in [6, 6.07) is 0.308. The number of nitrogens with one attached hydrogen (secondary N) is 2. The van der Waals surface area contributed by atoms with Gasteiger partial charge in [0.2, 0.25) is 5.91 Å². The first-order valence-corrected chi connectivity index (χ1v) is 4.38. The van der Waals surface area contributed by atoms with Crippen LogP contribution in [-0.2, 0) is 4.79 Å². The zero-order chi connectivity index (χ0) is 8.97. The molecule has 4 nitrogen and oxygen atoms in total. The minimum atomic E-state index is 0.159. The first-order valence-electron chi connectivity index (χ1n) is 4.38. The monoisotopic (exact) mass is 171 g/mol. The Morgan fingerprint density at radius 1 is 1.58 bits per heavy atom. The Labute approximate surface area is 73.3 Å². The largest absolute Gasteiger partial charge is 0.356 e. The Hall–Kier alpha value is -0.610. The lowest BCUT2D eigenvalue weighted by Gasteiger charge is -2.20. The quantitative estimate of drug-likeness (QED) is 0.562. The van der Waals surface area contributed by atoms with E-state index in [1.165, 1.54) is 0 Å². The molecule has 1 heterocycles. The molecule has 0 bridgehead atoms. The maximum absolute atomic E-state index is 11.1. The predicted molar refractivity (Wildman–Crippen MR) is 47.5 cm³/mol. The van der Waals surface area contributed by atoms with E-state index in [1.54, 1.807) is 0 Å². The van der Waals surface area contributed by atoms with Gasteiger partial charge in [0, 0.05) is 33.1 Å². The van der Waals surface area contributed by atoms with E-state index in [1.807, 2.05) is 19.1 Å². The summed E-state index contributed by atoms with van der Waals surface area (Å²) in [5.74, 6) is 0.159. The third kappa shape index (κ3) is 3.19. The van der Waals surface area contributed by atoms with Crippen molar-refractivity contribution in [2.24, 2.45) is 0 Å². The molecule has 1 amide bonds. The molecule has 0 spiro atoms. The number of hydrogen-bond acceptors (Lipinski definition) is 3. The highest BCUT2D eigenvalue weighted by Crippen LogP contribution is 2.05. The summed E-state index contributed by atoms with van der Waals surface area (Å²) in [5, 5.41) is 4.76. The lowest BCUT2D eigenvalue weighted by molar-refractivity contribution is -0.121. The molecule has 1 rings (SSSR count). The van der Waals surface area contributed by atoms with Crippen LogP contribution in [0.5, 0.6) is 0 Å². The standard InChI is InChI=1S/C8H17N3O/c1-11(2)10-7-4-3-5-9-8(12)6-7/h7,10H,3-6H2,1-2H3,(H,9,12). The molecular weight excluding hydrogens is 154 g/mol. The van der Waals surface area contributed by atoms with E-state index in [2.05, 4.69) is 10.7 Å². The fraction of sp³-hybridized carbons (Fsp3) is 0.875. The van der Waals surface area contributed by atoms with Gasteiger partial charge in [0.1, 0.15) is 0 Å². The van der Waals surface area contributed by atoms with Crippen LogP contribution in [-0.4, -0.2) is 37.6 Å². The van der Waals surface area contributed by atoms with Crippen LogP contribution in [0, 0.1) is 0 Å². The van der Waals surface area contributed by atoms with Gasteiger partial charge in [-0.3, -0.25) is 15.2 Å². The molecule has 4 heteroatoms. The van der Waals surface area contributed by atoms with Crippen molar-refractivity contribution < 1.29 is 4.79 Å². The summed E-state index contributed by atoms with van der Waals surface area (Å²) in [6.07, 6.45) is 2.73. The van der Waals surface area contributed by atoms with Crippen molar-refractivity contribution in [2.45, 2.75) is 25.3 Å². The van der Waals surface area contributed by atoms with Crippen molar-refractivity contribution in [1.82, 2.24) is 15.8 Å². The molecule has 0 radical (unpaired) electrons. The molecule has 1 aliphatic rings. The molecular formula is C8H17N3O. The molecule has 12 heavy (non-hydrogen) atoms. The summed E-state index contributed by atoms with van der Waals surface area (Å²) in [7, 11) is 3.89. The molecule has 0 aliphatic carbocycles. The maximum Gasteiger partial charge on any atom is 0.221 e. The zero-order valence-electron chi connectivity index (χ0n) is 7.76. The molecule has 2 N–H and O–H groups in total. The lowest BCUT2D eigenvalue weighted by atomic mass is 10.1. The molecule has 70 valence electrons. The number of rotatable bonds is 2. The number of carbonyl (C=O) groups excluding carboxylic acids is 1. The van der Waals surface area contributed by atoms with E-state index < -0.39 is 0 Å². The van der Waals surface area contributed by atoms with Crippen LogP contribution in [0.2, 0.25) is 0 Å². The van der Waals surface area contributed by atoms with Crippen LogP contribution < -0.4 is 10.7 Å². The van der Waals surface area contributed by atoms with Crippen molar-refractivity contribution >= 4 is 5.91 Å². The van der Waals surface area contributed by atoms with Crippen LogP contribution >= 0.6 is 0 Å². The van der Waals surface area contributed by atoms with Crippen molar-refractivity contribution in [2.75, 3.05) is 20.6 Å². The van der Waals surface area contributed by atoms with E-state index in [-0.39, 0.29) is 5.91 Å². The van der Waals surface area contributed by atoms with Crippen LogP contribution in [0.4, 0.5) is 0 Å².